The summed E-state index contributed by atoms with van der Waals surface area (Å²) in [6.07, 6.45) is 4.18. The molecule has 4 heterocycles. The monoisotopic (exact) mass is 392 g/mol. The Balaban J connectivity index is 1.38. The Labute approximate surface area is 173 Å². The fourth-order valence-corrected chi connectivity index (χ4v) is 6.08. The third-order valence-electron chi connectivity index (χ3n) is 7.37. The third-order valence-corrected chi connectivity index (χ3v) is 7.37. The lowest BCUT2D eigenvalue weighted by molar-refractivity contribution is -0.137. The minimum absolute atomic E-state index is 0.282. The second kappa shape index (κ2) is 6.98. The highest BCUT2D eigenvalue weighted by atomic mass is 16.2. The van der Waals surface area contributed by atoms with Crippen molar-refractivity contribution in [1.82, 2.24) is 20.0 Å². The maximum Gasteiger partial charge on any atom is 0.243 e. The van der Waals surface area contributed by atoms with Crippen molar-refractivity contribution in [1.29, 1.82) is 0 Å². The van der Waals surface area contributed by atoms with Gasteiger partial charge in [-0.15, -0.1) is 0 Å². The summed E-state index contributed by atoms with van der Waals surface area (Å²) in [5, 5.41) is 7.91. The van der Waals surface area contributed by atoms with Crippen molar-refractivity contribution < 1.29 is 4.79 Å². The molecule has 29 heavy (non-hydrogen) atoms. The zero-order valence-corrected chi connectivity index (χ0v) is 17.8. The second-order valence-electron chi connectivity index (χ2n) is 9.70. The molecule has 154 valence electrons. The third kappa shape index (κ3) is 2.93. The quantitative estimate of drug-likeness (QED) is 0.841. The van der Waals surface area contributed by atoms with Crippen LogP contribution in [0.4, 0.5) is 0 Å². The van der Waals surface area contributed by atoms with E-state index in [1.807, 2.05) is 0 Å². The number of nitrogens with zero attached hydrogens (tertiary/aromatic N) is 3. The van der Waals surface area contributed by atoms with Crippen LogP contribution in [0.25, 0.3) is 0 Å². The molecule has 5 nitrogen and oxygen atoms in total. The lowest BCUT2D eigenvalue weighted by Crippen LogP contribution is -2.49. The van der Waals surface area contributed by atoms with E-state index < -0.39 is 0 Å². The Hall–Kier alpha value is -2.14. The highest BCUT2D eigenvalue weighted by Crippen LogP contribution is 2.55. The zero-order valence-electron chi connectivity index (χ0n) is 17.8. The van der Waals surface area contributed by atoms with Crippen LogP contribution in [0.3, 0.4) is 0 Å². The van der Waals surface area contributed by atoms with Crippen LogP contribution in [0.2, 0.25) is 0 Å². The van der Waals surface area contributed by atoms with Crippen molar-refractivity contribution in [3.8, 4) is 0 Å². The molecule has 0 saturated carbocycles. The molecule has 3 fully saturated rings. The predicted molar refractivity (Wildman–Crippen MR) is 113 cm³/mol. The number of amides is 1. The summed E-state index contributed by atoms with van der Waals surface area (Å²) >= 11 is 0. The molecule has 1 amide bonds. The molecule has 3 saturated heterocycles. The van der Waals surface area contributed by atoms with E-state index in [4.69, 9.17) is 0 Å². The number of carbonyl (C=O) groups excluding carboxylic acids is 1. The van der Waals surface area contributed by atoms with Gasteiger partial charge in [0.2, 0.25) is 5.91 Å². The summed E-state index contributed by atoms with van der Waals surface area (Å²) in [5.41, 5.74) is 4.60. The average Bonchev–Trinajstić information content (AvgIpc) is 3.41. The molecule has 1 spiro atoms. The number of aromatic amines is 1. The molecule has 5 heteroatoms. The molecule has 1 N–H and O–H groups in total. The highest BCUT2D eigenvalue weighted by molar-refractivity contribution is 5.90. The Kier molecular flexibility index (Phi) is 4.54. The van der Waals surface area contributed by atoms with Gasteiger partial charge >= 0.3 is 0 Å². The van der Waals surface area contributed by atoms with Gasteiger partial charge in [0.1, 0.15) is 5.54 Å². The SMILES string of the molecule is Cc1ccccc1CN1C[C@@H]2C[C@@H](c3cc(CC(C)C)[nH]n3)N3CCC[C@@]23C1=O. The van der Waals surface area contributed by atoms with Crippen LogP contribution in [0.1, 0.15) is 61.7 Å². The maximum absolute atomic E-state index is 13.7. The number of hydrogen-bond acceptors (Lipinski definition) is 3. The molecule has 3 atom stereocenters. The Morgan fingerprint density at radius 3 is 2.93 bits per heavy atom. The van der Waals surface area contributed by atoms with Crippen LogP contribution >= 0.6 is 0 Å². The molecule has 0 aliphatic carbocycles. The molecular weight excluding hydrogens is 360 g/mol. The van der Waals surface area contributed by atoms with Gasteiger partial charge in [0, 0.05) is 24.7 Å². The number of benzene rings is 1. The second-order valence-corrected chi connectivity index (χ2v) is 9.70. The number of hydrogen-bond donors (Lipinski definition) is 1. The first kappa shape index (κ1) is 18.9. The van der Waals surface area contributed by atoms with E-state index in [1.165, 1.54) is 16.8 Å². The normalized spacial score (nSPS) is 29.1. The predicted octanol–water partition coefficient (Wildman–Crippen LogP) is 3.85. The Morgan fingerprint density at radius 1 is 1.31 bits per heavy atom. The van der Waals surface area contributed by atoms with Crippen LogP contribution in [0.15, 0.2) is 30.3 Å². The zero-order chi connectivity index (χ0) is 20.2. The minimum Gasteiger partial charge on any atom is -0.336 e. The van der Waals surface area contributed by atoms with Gasteiger partial charge in [-0.3, -0.25) is 14.8 Å². The Bertz CT molecular complexity index is 919. The molecule has 3 aliphatic rings. The van der Waals surface area contributed by atoms with E-state index >= 15 is 0 Å². The van der Waals surface area contributed by atoms with Gasteiger partial charge in [0.05, 0.1) is 11.7 Å². The first-order valence-corrected chi connectivity index (χ1v) is 11.1. The smallest absolute Gasteiger partial charge is 0.243 e. The molecule has 5 rings (SSSR count). The number of aryl methyl sites for hydroxylation is 1. The first-order valence-electron chi connectivity index (χ1n) is 11.1. The summed E-state index contributed by atoms with van der Waals surface area (Å²) in [7, 11) is 0. The van der Waals surface area contributed by atoms with Gasteiger partial charge in [0.15, 0.2) is 0 Å². The maximum atomic E-state index is 13.7. The van der Waals surface area contributed by atoms with Crippen molar-refractivity contribution in [2.24, 2.45) is 11.8 Å². The van der Waals surface area contributed by atoms with Gasteiger partial charge < -0.3 is 4.90 Å². The molecule has 3 aliphatic heterocycles. The van der Waals surface area contributed by atoms with Gasteiger partial charge in [-0.2, -0.15) is 5.10 Å². The van der Waals surface area contributed by atoms with E-state index in [0.29, 0.717) is 17.7 Å². The number of nitrogens with one attached hydrogen (secondary N) is 1. The molecule has 0 bridgehead atoms. The van der Waals surface area contributed by atoms with Crippen molar-refractivity contribution in [3.63, 3.8) is 0 Å². The summed E-state index contributed by atoms with van der Waals surface area (Å²) in [6, 6.07) is 11.0. The van der Waals surface area contributed by atoms with Crippen LogP contribution in [0.5, 0.6) is 0 Å². The number of aromatic nitrogens is 2. The van der Waals surface area contributed by atoms with E-state index in [1.54, 1.807) is 0 Å². The van der Waals surface area contributed by atoms with E-state index in [9.17, 15) is 4.79 Å². The first-order chi connectivity index (χ1) is 14.0. The number of carbonyl (C=O) groups is 1. The summed E-state index contributed by atoms with van der Waals surface area (Å²) in [5.74, 6) is 1.38. The summed E-state index contributed by atoms with van der Waals surface area (Å²) in [4.78, 5) is 18.3. The largest absolute Gasteiger partial charge is 0.336 e. The fourth-order valence-electron chi connectivity index (χ4n) is 6.08. The van der Waals surface area contributed by atoms with Gasteiger partial charge in [0.25, 0.3) is 0 Å². The van der Waals surface area contributed by atoms with E-state index in [0.717, 1.165) is 51.0 Å². The topological polar surface area (TPSA) is 52.2 Å². The van der Waals surface area contributed by atoms with Gasteiger partial charge in [-0.1, -0.05) is 38.1 Å². The lowest BCUT2D eigenvalue weighted by Gasteiger charge is -2.33. The standard InChI is InChI=1S/C24H32N4O/c1-16(2)11-20-13-21(26-25-20)22-12-19-15-27(14-18-8-5-4-7-17(18)3)23(29)24(19)9-6-10-28(22)24/h4-5,7-8,13,16,19,22H,6,9-12,14-15H2,1-3H3,(H,25,26)/t19-,22-,24-/m0/s1. The number of rotatable bonds is 5. The molecule has 0 unspecified atom stereocenters. The molecule has 1 aromatic heterocycles. The number of likely N-dealkylation sites (tertiary alicyclic amines) is 1. The van der Waals surface area contributed by atoms with Crippen molar-refractivity contribution >= 4 is 5.91 Å². The molecule has 0 radical (unpaired) electrons. The fraction of sp³-hybridized carbons (Fsp3) is 0.583. The lowest BCUT2D eigenvalue weighted by atomic mass is 9.85. The molecular formula is C24H32N4O. The Morgan fingerprint density at radius 2 is 2.14 bits per heavy atom. The minimum atomic E-state index is -0.287. The van der Waals surface area contributed by atoms with Crippen LogP contribution < -0.4 is 0 Å². The van der Waals surface area contributed by atoms with Gasteiger partial charge in [-0.25, -0.2) is 0 Å². The van der Waals surface area contributed by atoms with Crippen molar-refractivity contribution in [2.75, 3.05) is 13.1 Å². The number of H-pyrrole nitrogens is 1. The average molecular weight is 393 g/mol. The summed E-state index contributed by atoms with van der Waals surface area (Å²) in [6.45, 7) is 9.23. The van der Waals surface area contributed by atoms with Crippen LogP contribution in [0, 0.1) is 18.8 Å². The van der Waals surface area contributed by atoms with E-state index in [-0.39, 0.29) is 11.6 Å². The molecule has 1 aromatic carbocycles. The van der Waals surface area contributed by atoms with Gasteiger partial charge in [-0.05, 0) is 62.3 Å². The highest BCUT2D eigenvalue weighted by Gasteiger charge is 2.65. The van der Waals surface area contributed by atoms with Crippen LogP contribution in [-0.4, -0.2) is 44.5 Å². The van der Waals surface area contributed by atoms with Crippen molar-refractivity contribution in [2.45, 2.75) is 64.6 Å². The summed E-state index contributed by atoms with van der Waals surface area (Å²) < 4.78 is 0. The van der Waals surface area contributed by atoms with E-state index in [2.05, 4.69) is 71.1 Å². The van der Waals surface area contributed by atoms with Crippen LogP contribution in [-0.2, 0) is 17.8 Å². The van der Waals surface area contributed by atoms with Crippen molar-refractivity contribution in [3.05, 3.63) is 52.8 Å². The molecule has 2 aromatic rings.